The lowest BCUT2D eigenvalue weighted by Gasteiger charge is -2.05. The highest BCUT2D eigenvalue weighted by Crippen LogP contribution is 2.27. The summed E-state index contributed by atoms with van der Waals surface area (Å²) < 4.78 is 3.07. The van der Waals surface area contributed by atoms with Gasteiger partial charge in [0.25, 0.3) is 0 Å². The number of carbonyl (C=O) groups is 1. The fourth-order valence-corrected chi connectivity index (χ4v) is 1.73. The molecule has 1 saturated carbocycles. The third-order valence-electron chi connectivity index (χ3n) is 3.03. The second kappa shape index (κ2) is 4.77. The molecule has 0 unspecified atom stereocenters. The SMILES string of the molecule is CC(C)n1ccn(CC(=O)NCC2CC2)c1=O. The van der Waals surface area contributed by atoms with Crippen LogP contribution < -0.4 is 11.0 Å². The van der Waals surface area contributed by atoms with Gasteiger partial charge in [-0.2, -0.15) is 0 Å². The zero-order valence-electron chi connectivity index (χ0n) is 10.3. The molecule has 94 valence electrons. The zero-order chi connectivity index (χ0) is 12.4. The average Bonchev–Trinajstić information content (AvgIpc) is 3.02. The molecule has 0 saturated heterocycles. The molecule has 1 aromatic rings. The molecule has 1 aliphatic carbocycles. The predicted molar refractivity (Wildman–Crippen MR) is 64.8 cm³/mol. The number of carbonyl (C=O) groups excluding carboxylic acids is 1. The minimum atomic E-state index is -0.124. The summed E-state index contributed by atoms with van der Waals surface area (Å²) in [5.74, 6) is 0.580. The zero-order valence-corrected chi connectivity index (χ0v) is 10.3. The van der Waals surface area contributed by atoms with Crippen molar-refractivity contribution >= 4 is 5.91 Å². The molecule has 1 aliphatic rings. The number of amides is 1. The molecule has 1 aromatic heterocycles. The van der Waals surface area contributed by atoms with Gasteiger partial charge in [-0.25, -0.2) is 4.79 Å². The van der Waals surface area contributed by atoms with Crippen molar-refractivity contribution in [1.82, 2.24) is 14.5 Å². The number of nitrogens with one attached hydrogen (secondary N) is 1. The maximum absolute atomic E-state index is 11.8. The molecule has 17 heavy (non-hydrogen) atoms. The smallest absolute Gasteiger partial charge is 0.328 e. The normalized spacial score (nSPS) is 15.2. The summed E-state index contributed by atoms with van der Waals surface area (Å²) >= 11 is 0. The first kappa shape index (κ1) is 12.0. The number of rotatable bonds is 5. The lowest BCUT2D eigenvalue weighted by molar-refractivity contribution is -0.121. The van der Waals surface area contributed by atoms with Gasteiger partial charge in [-0.3, -0.25) is 13.9 Å². The van der Waals surface area contributed by atoms with Gasteiger partial charge in [-0.15, -0.1) is 0 Å². The van der Waals surface area contributed by atoms with E-state index in [-0.39, 0.29) is 24.2 Å². The summed E-state index contributed by atoms with van der Waals surface area (Å²) in [5.41, 5.74) is -0.124. The van der Waals surface area contributed by atoms with Crippen molar-refractivity contribution in [2.45, 2.75) is 39.3 Å². The van der Waals surface area contributed by atoms with E-state index in [4.69, 9.17) is 0 Å². The quantitative estimate of drug-likeness (QED) is 0.822. The van der Waals surface area contributed by atoms with Gasteiger partial charge in [0, 0.05) is 25.0 Å². The van der Waals surface area contributed by atoms with E-state index in [1.54, 1.807) is 17.0 Å². The van der Waals surface area contributed by atoms with Gasteiger partial charge in [-0.1, -0.05) is 0 Å². The lowest BCUT2D eigenvalue weighted by Crippen LogP contribution is -2.34. The molecule has 1 fully saturated rings. The van der Waals surface area contributed by atoms with Crippen molar-refractivity contribution in [3.8, 4) is 0 Å². The first-order valence-corrected chi connectivity index (χ1v) is 6.12. The largest absolute Gasteiger partial charge is 0.354 e. The molecule has 1 amide bonds. The molecule has 1 heterocycles. The highest BCUT2D eigenvalue weighted by atomic mass is 16.2. The number of nitrogens with zero attached hydrogens (tertiary/aromatic N) is 2. The molecule has 2 rings (SSSR count). The van der Waals surface area contributed by atoms with Gasteiger partial charge in [0.05, 0.1) is 0 Å². The Morgan fingerprint density at radius 2 is 2.18 bits per heavy atom. The first-order chi connectivity index (χ1) is 8.08. The Kier molecular flexibility index (Phi) is 3.36. The van der Waals surface area contributed by atoms with Crippen LogP contribution in [-0.4, -0.2) is 21.6 Å². The van der Waals surface area contributed by atoms with Gasteiger partial charge in [0.1, 0.15) is 6.54 Å². The van der Waals surface area contributed by atoms with Crippen molar-refractivity contribution in [3.63, 3.8) is 0 Å². The van der Waals surface area contributed by atoms with Crippen LogP contribution in [0.15, 0.2) is 17.2 Å². The van der Waals surface area contributed by atoms with Gasteiger partial charge in [0.2, 0.25) is 5.91 Å². The summed E-state index contributed by atoms with van der Waals surface area (Å²) in [4.78, 5) is 23.4. The van der Waals surface area contributed by atoms with Crippen LogP contribution >= 0.6 is 0 Å². The molecule has 0 atom stereocenters. The molecule has 5 heteroatoms. The van der Waals surface area contributed by atoms with Crippen LogP contribution in [-0.2, 0) is 11.3 Å². The summed E-state index contributed by atoms with van der Waals surface area (Å²) in [6.45, 7) is 4.75. The van der Waals surface area contributed by atoms with E-state index in [2.05, 4.69) is 5.32 Å². The second-order valence-corrected chi connectivity index (χ2v) is 4.96. The standard InChI is InChI=1S/C12H19N3O2/c1-9(2)15-6-5-14(12(15)17)8-11(16)13-7-10-3-4-10/h5-6,9-10H,3-4,7-8H2,1-2H3,(H,13,16). The van der Waals surface area contributed by atoms with E-state index in [0.29, 0.717) is 5.92 Å². The first-order valence-electron chi connectivity index (χ1n) is 6.12. The number of imidazole rings is 1. The molecule has 0 aromatic carbocycles. The maximum atomic E-state index is 11.8. The molecule has 0 aliphatic heterocycles. The summed E-state index contributed by atoms with van der Waals surface area (Å²) in [5, 5.41) is 2.85. The Morgan fingerprint density at radius 3 is 2.71 bits per heavy atom. The molecule has 0 spiro atoms. The minimum absolute atomic E-state index is 0.0829. The molecular weight excluding hydrogens is 218 g/mol. The maximum Gasteiger partial charge on any atom is 0.328 e. The van der Waals surface area contributed by atoms with E-state index in [0.717, 1.165) is 6.54 Å². The van der Waals surface area contributed by atoms with Crippen LogP contribution in [0.5, 0.6) is 0 Å². The Labute approximate surface area is 100 Å². The number of aromatic nitrogens is 2. The lowest BCUT2D eigenvalue weighted by atomic mass is 10.4. The third-order valence-corrected chi connectivity index (χ3v) is 3.03. The van der Waals surface area contributed by atoms with Crippen LogP contribution in [0.25, 0.3) is 0 Å². The van der Waals surface area contributed by atoms with Crippen molar-refractivity contribution < 1.29 is 4.79 Å². The van der Waals surface area contributed by atoms with Crippen LogP contribution in [0.4, 0.5) is 0 Å². The van der Waals surface area contributed by atoms with Crippen molar-refractivity contribution in [1.29, 1.82) is 0 Å². The van der Waals surface area contributed by atoms with E-state index < -0.39 is 0 Å². The van der Waals surface area contributed by atoms with Crippen molar-refractivity contribution in [2.75, 3.05) is 6.54 Å². The van der Waals surface area contributed by atoms with E-state index >= 15 is 0 Å². The van der Waals surface area contributed by atoms with Crippen molar-refractivity contribution in [3.05, 3.63) is 22.9 Å². The fourth-order valence-electron chi connectivity index (χ4n) is 1.73. The minimum Gasteiger partial charge on any atom is -0.354 e. The van der Waals surface area contributed by atoms with E-state index in [9.17, 15) is 9.59 Å². The average molecular weight is 237 g/mol. The molecule has 0 radical (unpaired) electrons. The van der Waals surface area contributed by atoms with Crippen LogP contribution in [0.1, 0.15) is 32.7 Å². The Hall–Kier alpha value is -1.52. The van der Waals surface area contributed by atoms with Crippen LogP contribution in [0, 0.1) is 5.92 Å². The Bertz CT molecular complexity index is 455. The highest BCUT2D eigenvalue weighted by Gasteiger charge is 2.21. The van der Waals surface area contributed by atoms with Gasteiger partial charge < -0.3 is 5.32 Å². The van der Waals surface area contributed by atoms with Crippen molar-refractivity contribution in [2.24, 2.45) is 5.92 Å². The Balaban J connectivity index is 1.93. The van der Waals surface area contributed by atoms with E-state index in [1.807, 2.05) is 13.8 Å². The second-order valence-electron chi connectivity index (χ2n) is 4.96. The number of hydrogen-bond donors (Lipinski definition) is 1. The molecule has 5 nitrogen and oxygen atoms in total. The van der Waals surface area contributed by atoms with Crippen LogP contribution in [0.3, 0.4) is 0 Å². The molecular formula is C12H19N3O2. The summed E-state index contributed by atoms with van der Waals surface area (Å²) in [6.07, 6.45) is 5.81. The van der Waals surface area contributed by atoms with E-state index in [1.165, 1.54) is 17.4 Å². The van der Waals surface area contributed by atoms with Gasteiger partial charge >= 0.3 is 5.69 Å². The molecule has 0 bridgehead atoms. The third kappa shape index (κ3) is 2.99. The van der Waals surface area contributed by atoms with Gasteiger partial charge in [-0.05, 0) is 32.6 Å². The predicted octanol–water partition coefficient (Wildman–Crippen LogP) is 0.757. The Morgan fingerprint density at radius 1 is 1.47 bits per heavy atom. The fraction of sp³-hybridized carbons (Fsp3) is 0.667. The monoisotopic (exact) mass is 237 g/mol. The van der Waals surface area contributed by atoms with Gasteiger partial charge in [0.15, 0.2) is 0 Å². The molecule has 1 N–H and O–H groups in total. The topological polar surface area (TPSA) is 56.0 Å². The number of hydrogen-bond acceptors (Lipinski definition) is 2. The van der Waals surface area contributed by atoms with Crippen LogP contribution in [0.2, 0.25) is 0 Å². The summed E-state index contributed by atoms with van der Waals surface area (Å²) in [6, 6.07) is 0.123. The summed E-state index contributed by atoms with van der Waals surface area (Å²) in [7, 11) is 0. The highest BCUT2D eigenvalue weighted by molar-refractivity contribution is 5.75.